The molecule has 2 atom stereocenters. The van der Waals surface area contributed by atoms with E-state index in [2.05, 4.69) is 35.2 Å². The number of carbonyl (C=O) groups is 3. The van der Waals surface area contributed by atoms with Crippen LogP contribution in [0, 0.1) is 35.5 Å². The Labute approximate surface area is 230 Å². The van der Waals surface area contributed by atoms with Crippen LogP contribution in [0.15, 0.2) is 24.4 Å². The van der Waals surface area contributed by atoms with Crippen LogP contribution >= 0.6 is 11.3 Å². The molecule has 9 nitrogen and oxygen atoms in total. The van der Waals surface area contributed by atoms with Gasteiger partial charge in [0, 0.05) is 41.8 Å². The molecule has 6 rings (SSSR count). The molecule has 2 saturated heterocycles. The van der Waals surface area contributed by atoms with Crippen molar-refractivity contribution in [2.75, 3.05) is 19.6 Å². The number of pyridine rings is 2. The Bertz CT molecular complexity index is 1590. The van der Waals surface area contributed by atoms with E-state index < -0.39 is 0 Å². The summed E-state index contributed by atoms with van der Waals surface area (Å²) in [4.78, 5) is 52.9. The van der Waals surface area contributed by atoms with Gasteiger partial charge in [-0.2, -0.15) is 5.26 Å². The van der Waals surface area contributed by atoms with Crippen molar-refractivity contribution < 1.29 is 14.4 Å². The van der Waals surface area contributed by atoms with Crippen LogP contribution in [0.5, 0.6) is 0 Å². The quantitative estimate of drug-likeness (QED) is 0.501. The van der Waals surface area contributed by atoms with Gasteiger partial charge in [-0.05, 0) is 49.9 Å². The number of nitrogens with zero attached hydrogens (tertiary/aromatic N) is 5. The maximum atomic E-state index is 13.9. The molecule has 3 amide bonds. The second-order valence-corrected chi connectivity index (χ2v) is 13.2. The van der Waals surface area contributed by atoms with Crippen molar-refractivity contribution in [3.05, 3.63) is 46.1 Å². The van der Waals surface area contributed by atoms with Gasteiger partial charge in [-0.25, -0.2) is 4.98 Å². The highest BCUT2D eigenvalue weighted by Crippen LogP contribution is 2.63. The summed E-state index contributed by atoms with van der Waals surface area (Å²) in [5.41, 5.74) is 2.78. The van der Waals surface area contributed by atoms with Gasteiger partial charge in [0.25, 0.3) is 5.91 Å². The van der Waals surface area contributed by atoms with Crippen molar-refractivity contribution in [3.63, 3.8) is 0 Å². The van der Waals surface area contributed by atoms with Crippen molar-refractivity contribution in [1.29, 1.82) is 5.26 Å². The largest absolute Gasteiger partial charge is 0.335 e. The average Bonchev–Trinajstić information content (AvgIpc) is 3.12. The number of piperidine rings is 1. The summed E-state index contributed by atoms with van der Waals surface area (Å²) in [6, 6.07) is 7.48. The van der Waals surface area contributed by atoms with E-state index in [1.165, 1.54) is 16.2 Å². The first-order valence-electron chi connectivity index (χ1n) is 13.1. The third-order valence-electron chi connectivity index (χ3n) is 8.33. The molecule has 0 radical (unpaired) electrons. The number of imide groups is 1. The van der Waals surface area contributed by atoms with Gasteiger partial charge < -0.3 is 10.2 Å². The van der Waals surface area contributed by atoms with Gasteiger partial charge in [0.15, 0.2) is 0 Å². The molecule has 1 aliphatic carbocycles. The molecule has 3 aromatic rings. The fraction of sp³-hybridized carbons (Fsp3) is 0.448. The Kier molecular flexibility index (Phi) is 5.68. The predicted octanol–water partition coefficient (Wildman–Crippen LogP) is 3.50. The summed E-state index contributed by atoms with van der Waals surface area (Å²) in [5, 5.41) is 13.1. The van der Waals surface area contributed by atoms with Crippen LogP contribution in [0.2, 0.25) is 0 Å². The summed E-state index contributed by atoms with van der Waals surface area (Å²) < 4.78 is 0.800. The molecule has 2 aliphatic heterocycles. The molecule has 10 heteroatoms. The zero-order valence-electron chi connectivity index (χ0n) is 22.7. The zero-order valence-corrected chi connectivity index (χ0v) is 23.5. The lowest BCUT2D eigenvalue weighted by Gasteiger charge is -2.39. The van der Waals surface area contributed by atoms with Crippen LogP contribution in [-0.4, -0.2) is 62.7 Å². The number of aromatic nitrogens is 2. The van der Waals surface area contributed by atoms with E-state index in [-0.39, 0.29) is 52.7 Å². The lowest BCUT2D eigenvalue weighted by Crippen LogP contribution is -2.58. The van der Waals surface area contributed by atoms with E-state index in [9.17, 15) is 19.6 Å². The van der Waals surface area contributed by atoms with Crippen LogP contribution in [0.1, 0.15) is 54.2 Å². The molecular weight excluding hydrogens is 512 g/mol. The van der Waals surface area contributed by atoms with Gasteiger partial charge in [0.2, 0.25) is 11.8 Å². The highest BCUT2D eigenvalue weighted by atomic mass is 32.1. The highest BCUT2D eigenvalue weighted by Gasteiger charge is 2.72. The first kappa shape index (κ1) is 25.6. The third-order valence-corrected chi connectivity index (χ3v) is 9.47. The summed E-state index contributed by atoms with van der Waals surface area (Å²) >= 11 is 1.43. The first-order valence-corrected chi connectivity index (χ1v) is 13.9. The molecule has 1 N–H and O–H groups in total. The van der Waals surface area contributed by atoms with Gasteiger partial charge >= 0.3 is 0 Å². The SMILES string of the molecule is Cc1cc(C#N)nc(-c2ccnc3cc(CN4C(=O)C5C(C4=O)C5(C)C)sc23)c1C(=O)N1CCNC(C)(C)C1. The van der Waals surface area contributed by atoms with E-state index >= 15 is 0 Å². The maximum absolute atomic E-state index is 13.9. The number of nitrogens with one attached hydrogen (secondary N) is 1. The van der Waals surface area contributed by atoms with E-state index in [0.29, 0.717) is 47.5 Å². The normalized spacial score (nSPS) is 23.2. The highest BCUT2D eigenvalue weighted by molar-refractivity contribution is 7.19. The molecule has 0 aromatic carbocycles. The molecule has 3 fully saturated rings. The molecule has 1 saturated carbocycles. The summed E-state index contributed by atoms with van der Waals surface area (Å²) in [7, 11) is 0. The van der Waals surface area contributed by atoms with Crippen molar-refractivity contribution in [1.82, 2.24) is 25.1 Å². The summed E-state index contributed by atoms with van der Waals surface area (Å²) in [5.74, 6) is -0.779. The van der Waals surface area contributed by atoms with Crippen LogP contribution in [0.25, 0.3) is 21.5 Å². The van der Waals surface area contributed by atoms with Crippen molar-refractivity contribution in [2.45, 2.75) is 46.7 Å². The van der Waals surface area contributed by atoms with Gasteiger partial charge in [-0.3, -0.25) is 24.3 Å². The maximum Gasteiger partial charge on any atom is 0.256 e. The fourth-order valence-electron chi connectivity index (χ4n) is 6.24. The number of hydrogen-bond donors (Lipinski definition) is 1. The fourth-order valence-corrected chi connectivity index (χ4v) is 7.35. The molecule has 39 heavy (non-hydrogen) atoms. The molecule has 3 aliphatic rings. The molecule has 0 bridgehead atoms. The van der Waals surface area contributed by atoms with E-state index in [1.807, 2.05) is 37.8 Å². The molecule has 0 spiro atoms. The van der Waals surface area contributed by atoms with Crippen LogP contribution in [0.3, 0.4) is 0 Å². The molecule has 5 heterocycles. The molecular formula is C29H30N6O3S. The van der Waals surface area contributed by atoms with Crippen molar-refractivity contribution >= 4 is 39.3 Å². The Morgan fingerprint density at radius 1 is 1.21 bits per heavy atom. The number of nitriles is 1. The topological polar surface area (TPSA) is 119 Å². The number of piperazine rings is 1. The Balaban J connectivity index is 1.40. The number of fused-ring (bicyclic) bond motifs is 2. The smallest absolute Gasteiger partial charge is 0.256 e. The van der Waals surface area contributed by atoms with Gasteiger partial charge in [0.05, 0.1) is 39.9 Å². The van der Waals surface area contributed by atoms with E-state index in [4.69, 9.17) is 0 Å². The number of aryl methyl sites for hydroxylation is 1. The molecule has 2 unspecified atom stereocenters. The minimum Gasteiger partial charge on any atom is -0.335 e. The zero-order chi connectivity index (χ0) is 27.9. The number of amides is 3. The summed E-state index contributed by atoms with van der Waals surface area (Å²) in [6.07, 6.45) is 1.66. The average molecular weight is 543 g/mol. The number of rotatable bonds is 4. The summed E-state index contributed by atoms with van der Waals surface area (Å²) in [6.45, 7) is 11.9. The molecule has 3 aromatic heterocycles. The molecule has 200 valence electrons. The second kappa shape index (κ2) is 8.66. The number of carbonyl (C=O) groups excluding carboxylic acids is 3. The first-order chi connectivity index (χ1) is 18.4. The predicted molar refractivity (Wildman–Crippen MR) is 147 cm³/mol. The van der Waals surface area contributed by atoms with Crippen LogP contribution in [-0.2, 0) is 16.1 Å². The Morgan fingerprint density at radius 2 is 1.92 bits per heavy atom. The lowest BCUT2D eigenvalue weighted by molar-refractivity contribution is -0.143. The number of hydrogen-bond acceptors (Lipinski definition) is 8. The van der Waals surface area contributed by atoms with Gasteiger partial charge in [-0.1, -0.05) is 13.8 Å². The standard InChI is InChI=1S/C29H30N6O3S/c1-15-10-16(12-30)33-23(20(15)25(36)34-9-8-32-28(2,3)14-34)18-6-7-31-19-11-17(39-24(18)19)13-35-26(37)21-22(27(35)38)29(21,4)5/h6-7,10-11,21-22,32H,8-9,13-14H2,1-5H3. The van der Waals surface area contributed by atoms with Crippen LogP contribution in [0.4, 0.5) is 0 Å². The van der Waals surface area contributed by atoms with Crippen molar-refractivity contribution in [2.24, 2.45) is 17.3 Å². The minimum atomic E-state index is -0.253. The van der Waals surface area contributed by atoms with E-state index in [0.717, 1.165) is 9.58 Å². The van der Waals surface area contributed by atoms with Crippen molar-refractivity contribution in [3.8, 4) is 17.3 Å². The lowest BCUT2D eigenvalue weighted by atomic mass is 9.97. The van der Waals surface area contributed by atoms with E-state index in [1.54, 1.807) is 12.3 Å². The Hall–Kier alpha value is -3.68. The monoisotopic (exact) mass is 542 g/mol. The Morgan fingerprint density at radius 3 is 2.59 bits per heavy atom. The number of thiophene rings is 1. The van der Waals surface area contributed by atoms with Gasteiger partial charge in [0.1, 0.15) is 11.8 Å². The van der Waals surface area contributed by atoms with Gasteiger partial charge in [-0.15, -0.1) is 11.3 Å². The number of likely N-dealkylation sites (tertiary alicyclic amines) is 1. The minimum absolute atomic E-state index is 0.105. The second-order valence-electron chi connectivity index (χ2n) is 12.0. The van der Waals surface area contributed by atoms with Crippen LogP contribution < -0.4 is 5.32 Å². The third kappa shape index (κ3) is 4.03.